The molecule has 0 heterocycles. The Kier molecular flexibility index (Phi) is 3.49. The summed E-state index contributed by atoms with van der Waals surface area (Å²) in [5.41, 5.74) is 1.33. The first-order valence-electron chi connectivity index (χ1n) is 4.08. The lowest BCUT2D eigenvalue weighted by molar-refractivity contribution is -0.150. The minimum atomic E-state index is -1.31. The average Bonchev–Trinajstić information content (AvgIpc) is 2.15. The Morgan fingerprint density at radius 2 is 2.21 bits per heavy atom. The van der Waals surface area contributed by atoms with Gasteiger partial charge >= 0.3 is 5.97 Å². The number of esters is 1. The van der Waals surface area contributed by atoms with Gasteiger partial charge in [-0.1, -0.05) is 23.7 Å². The summed E-state index contributed by atoms with van der Waals surface area (Å²) in [6.07, 6.45) is -1.31. The molecule has 1 aromatic rings. The number of carbonyl (C=O) groups is 1. The van der Waals surface area contributed by atoms with Crippen molar-refractivity contribution in [3.63, 3.8) is 0 Å². The van der Waals surface area contributed by atoms with Crippen LogP contribution in [0.1, 0.15) is 17.2 Å². The molecule has 0 radical (unpaired) electrons. The molecule has 0 bridgehead atoms. The van der Waals surface area contributed by atoms with Gasteiger partial charge < -0.3 is 9.84 Å². The second-order valence-electron chi connectivity index (χ2n) is 2.95. The van der Waals surface area contributed by atoms with Crippen LogP contribution in [0.25, 0.3) is 0 Å². The van der Waals surface area contributed by atoms with Crippen molar-refractivity contribution in [3.8, 4) is 0 Å². The molecule has 1 rings (SSSR count). The number of carbonyl (C=O) groups excluding carboxylic acids is 1. The Hall–Kier alpha value is -1.06. The lowest BCUT2D eigenvalue weighted by atomic mass is 10.1. The predicted molar refractivity (Wildman–Crippen MR) is 53.2 cm³/mol. The highest BCUT2D eigenvalue weighted by Gasteiger charge is 2.20. The number of halogens is 1. The maximum absolute atomic E-state index is 11.0. The topological polar surface area (TPSA) is 46.5 Å². The van der Waals surface area contributed by atoms with E-state index in [-0.39, 0.29) is 0 Å². The van der Waals surface area contributed by atoms with Crippen molar-refractivity contribution >= 4 is 17.6 Å². The predicted octanol–water partition coefficient (Wildman–Crippen LogP) is 1.85. The highest BCUT2D eigenvalue weighted by atomic mass is 35.5. The number of ether oxygens (including phenoxy) is 1. The summed E-state index contributed by atoms with van der Waals surface area (Å²) < 4.78 is 4.40. The Labute approximate surface area is 87.3 Å². The van der Waals surface area contributed by atoms with Crippen LogP contribution < -0.4 is 0 Å². The quantitative estimate of drug-likeness (QED) is 0.765. The number of rotatable bonds is 2. The summed E-state index contributed by atoms with van der Waals surface area (Å²) in [6.45, 7) is 1.88. The molecule has 76 valence electrons. The Bertz CT molecular complexity index is 349. The van der Waals surface area contributed by atoms with E-state index in [9.17, 15) is 9.90 Å². The van der Waals surface area contributed by atoms with Crippen LogP contribution in [0, 0.1) is 6.92 Å². The van der Waals surface area contributed by atoms with Gasteiger partial charge in [0.25, 0.3) is 0 Å². The third kappa shape index (κ3) is 2.25. The Balaban J connectivity index is 3.01. The second kappa shape index (κ2) is 4.44. The first kappa shape index (κ1) is 11.0. The molecule has 3 nitrogen and oxygen atoms in total. The van der Waals surface area contributed by atoms with Crippen molar-refractivity contribution in [1.29, 1.82) is 0 Å². The maximum Gasteiger partial charge on any atom is 0.339 e. The number of methoxy groups -OCH3 is 1. The normalized spacial score (nSPS) is 12.3. The average molecular weight is 215 g/mol. The molecule has 0 aromatic heterocycles. The van der Waals surface area contributed by atoms with Crippen LogP contribution in [0.15, 0.2) is 18.2 Å². The van der Waals surface area contributed by atoms with Gasteiger partial charge in [-0.05, 0) is 18.6 Å². The standard InChI is InChI=1S/C10H11ClO3/c1-6-3-4-7(8(11)5-6)9(12)10(13)14-2/h3-5,9,12H,1-2H3. The van der Waals surface area contributed by atoms with Gasteiger partial charge in [0.15, 0.2) is 6.10 Å². The number of hydrogen-bond donors (Lipinski definition) is 1. The zero-order chi connectivity index (χ0) is 10.7. The van der Waals surface area contributed by atoms with Crippen LogP contribution in [0.3, 0.4) is 0 Å². The summed E-state index contributed by atoms with van der Waals surface area (Å²) in [5, 5.41) is 9.87. The van der Waals surface area contributed by atoms with Crippen LogP contribution in [0.5, 0.6) is 0 Å². The van der Waals surface area contributed by atoms with Crippen molar-refractivity contribution in [2.24, 2.45) is 0 Å². The van der Waals surface area contributed by atoms with Crippen molar-refractivity contribution in [2.45, 2.75) is 13.0 Å². The lowest BCUT2D eigenvalue weighted by Crippen LogP contribution is -2.13. The smallest absolute Gasteiger partial charge is 0.339 e. The fourth-order valence-corrected chi connectivity index (χ4v) is 1.43. The van der Waals surface area contributed by atoms with E-state index in [1.54, 1.807) is 18.2 Å². The fourth-order valence-electron chi connectivity index (χ4n) is 1.09. The van der Waals surface area contributed by atoms with E-state index in [0.717, 1.165) is 5.56 Å². The van der Waals surface area contributed by atoms with E-state index in [4.69, 9.17) is 11.6 Å². The summed E-state index contributed by atoms with van der Waals surface area (Å²) >= 11 is 5.86. The molecule has 0 saturated heterocycles. The molecule has 1 unspecified atom stereocenters. The molecule has 1 N–H and O–H groups in total. The van der Waals surface area contributed by atoms with Gasteiger partial charge in [0, 0.05) is 10.6 Å². The minimum Gasteiger partial charge on any atom is -0.467 e. The third-order valence-corrected chi connectivity index (χ3v) is 2.20. The molecule has 0 aliphatic rings. The maximum atomic E-state index is 11.0. The number of hydrogen-bond acceptors (Lipinski definition) is 3. The van der Waals surface area contributed by atoms with Gasteiger partial charge in [-0.15, -0.1) is 0 Å². The van der Waals surface area contributed by atoms with Crippen LogP contribution in [0.2, 0.25) is 5.02 Å². The molecular formula is C10H11ClO3. The molecule has 0 saturated carbocycles. The van der Waals surface area contributed by atoms with E-state index >= 15 is 0 Å². The van der Waals surface area contributed by atoms with Crippen LogP contribution in [-0.4, -0.2) is 18.2 Å². The van der Waals surface area contributed by atoms with Crippen molar-refractivity contribution < 1.29 is 14.6 Å². The summed E-state index contributed by atoms with van der Waals surface area (Å²) in [5.74, 6) is -0.712. The van der Waals surface area contributed by atoms with Crippen LogP contribution >= 0.6 is 11.6 Å². The fraction of sp³-hybridized carbons (Fsp3) is 0.300. The number of aliphatic hydroxyl groups excluding tert-OH is 1. The van der Waals surface area contributed by atoms with Crippen LogP contribution in [-0.2, 0) is 9.53 Å². The Morgan fingerprint density at radius 1 is 1.57 bits per heavy atom. The molecule has 0 amide bonds. The van der Waals surface area contributed by atoms with E-state index < -0.39 is 12.1 Å². The minimum absolute atomic E-state index is 0.364. The van der Waals surface area contributed by atoms with E-state index in [2.05, 4.69) is 4.74 Å². The van der Waals surface area contributed by atoms with Gasteiger partial charge in [-0.25, -0.2) is 4.79 Å². The molecule has 1 atom stereocenters. The second-order valence-corrected chi connectivity index (χ2v) is 3.36. The Morgan fingerprint density at radius 3 is 2.71 bits per heavy atom. The van der Waals surface area contributed by atoms with Gasteiger partial charge in [0.2, 0.25) is 0 Å². The highest BCUT2D eigenvalue weighted by molar-refractivity contribution is 6.31. The number of aryl methyl sites for hydroxylation is 1. The zero-order valence-corrected chi connectivity index (χ0v) is 8.71. The SMILES string of the molecule is COC(=O)C(O)c1ccc(C)cc1Cl. The summed E-state index contributed by atoms with van der Waals surface area (Å²) in [4.78, 5) is 11.0. The van der Waals surface area contributed by atoms with E-state index in [1.807, 2.05) is 6.92 Å². The van der Waals surface area contributed by atoms with Gasteiger partial charge in [0.1, 0.15) is 0 Å². The van der Waals surface area contributed by atoms with E-state index in [0.29, 0.717) is 10.6 Å². The zero-order valence-electron chi connectivity index (χ0n) is 7.95. The summed E-state index contributed by atoms with van der Waals surface area (Å²) in [6, 6.07) is 5.07. The molecule has 0 spiro atoms. The highest BCUT2D eigenvalue weighted by Crippen LogP contribution is 2.24. The number of benzene rings is 1. The van der Waals surface area contributed by atoms with Crippen molar-refractivity contribution in [2.75, 3.05) is 7.11 Å². The molecule has 0 aliphatic carbocycles. The van der Waals surface area contributed by atoms with E-state index in [1.165, 1.54) is 7.11 Å². The van der Waals surface area contributed by atoms with Crippen molar-refractivity contribution in [1.82, 2.24) is 0 Å². The van der Waals surface area contributed by atoms with Gasteiger partial charge in [0.05, 0.1) is 7.11 Å². The molecular weight excluding hydrogens is 204 g/mol. The largest absolute Gasteiger partial charge is 0.467 e. The lowest BCUT2D eigenvalue weighted by Gasteiger charge is -2.10. The third-order valence-electron chi connectivity index (χ3n) is 1.87. The first-order chi connectivity index (χ1) is 6.56. The first-order valence-corrected chi connectivity index (χ1v) is 4.46. The molecule has 0 aliphatic heterocycles. The molecule has 0 fully saturated rings. The molecule has 14 heavy (non-hydrogen) atoms. The van der Waals surface area contributed by atoms with Gasteiger partial charge in [-0.3, -0.25) is 0 Å². The molecule has 1 aromatic carbocycles. The summed E-state index contributed by atoms with van der Waals surface area (Å²) in [7, 11) is 1.22. The molecule has 4 heteroatoms. The van der Waals surface area contributed by atoms with Gasteiger partial charge in [-0.2, -0.15) is 0 Å². The van der Waals surface area contributed by atoms with Crippen molar-refractivity contribution in [3.05, 3.63) is 34.3 Å². The van der Waals surface area contributed by atoms with Crippen LogP contribution in [0.4, 0.5) is 0 Å². The number of aliphatic hydroxyl groups is 1. The monoisotopic (exact) mass is 214 g/mol.